The summed E-state index contributed by atoms with van der Waals surface area (Å²) in [6.07, 6.45) is 3.92. The van der Waals surface area contributed by atoms with Gasteiger partial charge in [-0.15, -0.1) is 0 Å². The van der Waals surface area contributed by atoms with Crippen LogP contribution in [0.25, 0.3) is 0 Å². The summed E-state index contributed by atoms with van der Waals surface area (Å²) in [5.74, 6) is -0.410. The van der Waals surface area contributed by atoms with Crippen molar-refractivity contribution in [3.05, 3.63) is 12.2 Å². The van der Waals surface area contributed by atoms with Gasteiger partial charge < -0.3 is 9.47 Å². The molecule has 0 amide bonds. The molecule has 0 aromatic carbocycles. The molecule has 0 atom stereocenters. The fourth-order valence-electron chi connectivity index (χ4n) is 2.54. The van der Waals surface area contributed by atoms with E-state index >= 15 is 0 Å². The Bertz CT molecular complexity index is 350. The van der Waals surface area contributed by atoms with Crippen LogP contribution in [0.2, 0.25) is 0 Å². The Morgan fingerprint density at radius 3 is 2.59 bits per heavy atom. The molecule has 1 saturated carbocycles. The van der Waals surface area contributed by atoms with Gasteiger partial charge in [0.2, 0.25) is 0 Å². The van der Waals surface area contributed by atoms with Gasteiger partial charge in [0.15, 0.2) is 0 Å². The highest BCUT2D eigenvalue weighted by molar-refractivity contribution is 5.87. The monoisotopic (exact) mass is 238 g/mol. The second-order valence-corrected chi connectivity index (χ2v) is 5.22. The van der Waals surface area contributed by atoms with E-state index in [1.54, 1.807) is 6.92 Å². The molecule has 0 unspecified atom stereocenters. The maximum Gasteiger partial charge on any atom is 0.333 e. The van der Waals surface area contributed by atoms with Gasteiger partial charge in [0.25, 0.3) is 0 Å². The van der Waals surface area contributed by atoms with Crippen molar-refractivity contribution in [2.24, 2.45) is 5.41 Å². The lowest BCUT2D eigenvalue weighted by atomic mass is 9.73. The molecule has 1 saturated heterocycles. The predicted octanol–water partition coefficient (Wildman–Crippen LogP) is 1.98. The van der Waals surface area contributed by atoms with Crippen molar-refractivity contribution in [1.82, 2.24) is 0 Å². The third kappa shape index (κ3) is 2.68. The van der Waals surface area contributed by atoms with E-state index in [2.05, 4.69) is 6.58 Å². The van der Waals surface area contributed by atoms with Gasteiger partial charge in [-0.3, -0.25) is 4.79 Å². The van der Waals surface area contributed by atoms with Crippen LogP contribution in [0.3, 0.4) is 0 Å². The first-order valence-electron chi connectivity index (χ1n) is 6.03. The van der Waals surface area contributed by atoms with Crippen LogP contribution in [0.5, 0.6) is 0 Å². The highest BCUT2D eigenvalue weighted by Crippen LogP contribution is 2.43. The summed E-state index contributed by atoms with van der Waals surface area (Å²) >= 11 is 0. The van der Waals surface area contributed by atoms with E-state index in [4.69, 9.17) is 9.47 Å². The van der Waals surface area contributed by atoms with Crippen molar-refractivity contribution >= 4 is 11.9 Å². The van der Waals surface area contributed by atoms with Gasteiger partial charge >= 0.3 is 11.9 Å². The number of esters is 2. The normalized spacial score (nSPS) is 32.3. The van der Waals surface area contributed by atoms with Crippen molar-refractivity contribution < 1.29 is 19.1 Å². The Labute approximate surface area is 101 Å². The van der Waals surface area contributed by atoms with Gasteiger partial charge in [0, 0.05) is 11.0 Å². The predicted molar refractivity (Wildman–Crippen MR) is 61.2 cm³/mol. The molecule has 0 aromatic heterocycles. The van der Waals surface area contributed by atoms with E-state index in [9.17, 15) is 9.59 Å². The summed E-state index contributed by atoms with van der Waals surface area (Å²) in [7, 11) is 0. The molecule has 0 radical (unpaired) electrons. The zero-order valence-electron chi connectivity index (χ0n) is 10.2. The third-order valence-corrected chi connectivity index (χ3v) is 3.67. The van der Waals surface area contributed by atoms with Gasteiger partial charge in [-0.25, -0.2) is 4.79 Å². The molecule has 0 bridgehead atoms. The number of hydrogen-bond acceptors (Lipinski definition) is 4. The molecule has 2 fully saturated rings. The Kier molecular flexibility index (Phi) is 3.22. The van der Waals surface area contributed by atoms with Crippen LogP contribution in [-0.2, 0) is 19.1 Å². The van der Waals surface area contributed by atoms with E-state index in [-0.39, 0.29) is 23.5 Å². The van der Waals surface area contributed by atoms with Crippen LogP contribution >= 0.6 is 0 Å². The quantitative estimate of drug-likeness (QED) is 0.545. The number of rotatable bonds is 2. The van der Waals surface area contributed by atoms with Crippen LogP contribution < -0.4 is 0 Å². The third-order valence-electron chi connectivity index (χ3n) is 3.67. The number of ether oxygens (including phenoxy) is 2. The second-order valence-electron chi connectivity index (χ2n) is 5.22. The SMILES string of the molecule is C=C(C)C(=O)OC1CCC2(CC1)COC(=O)C2. The summed E-state index contributed by atoms with van der Waals surface area (Å²) in [5.41, 5.74) is 0.452. The lowest BCUT2D eigenvalue weighted by molar-refractivity contribution is -0.147. The van der Waals surface area contributed by atoms with Crippen molar-refractivity contribution in [3.63, 3.8) is 0 Å². The standard InChI is InChI=1S/C13H18O4/c1-9(2)12(15)17-10-3-5-13(6-4-10)7-11(14)16-8-13/h10H,1,3-8H2,2H3. The Hall–Kier alpha value is -1.32. The molecule has 1 spiro atoms. The Morgan fingerprint density at radius 2 is 2.12 bits per heavy atom. The topological polar surface area (TPSA) is 52.6 Å². The average Bonchev–Trinajstić information content (AvgIpc) is 2.64. The minimum absolute atomic E-state index is 0.0171. The minimum atomic E-state index is -0.315. The Balaban J connectivity index is 1.84. The first-order valence-corrected chi connectivity index (χ1v) is 6.03. The van der Waals surface area contributed by atoms with Gasteiger partial charge in [0.05, 0.1) is 13.0 Å². The average molecular weight is 238 g/mol. The molecule has 2 aliphatic rings. The molecular weight excluding hydrogens is 220 g/mol. The number of cyclic esters (lactones) is 1. The molecular formula is C13H18O4. The largest absolute Gasteiger partial charge is 0.465 e. The van der Waals surface area contributed by atoms with Gasteiger partial charge in [-0.1, -0.05) is 6.58 Å². The van der Waals surface area contributed by atoms with E-state index in [0.29, 0.717) is 18.6 Å². The minimum Gasteiger partial charge on any atom is -0.465 e. The number of hydrogen-bond donors (Lipinski definition) is 0. The van der Waals surface area contributed by atoms with Crippen molar-refractivity contribution in [2.75, 3.05) is 6.61 Å². The zero-order valence-corrected chi connectivity index (χ0v) is 10.2. The lowest BCUT2D eigenvalue weighted by Crippen LogP contribution is -2.32. The zero-order chi connectivity index (χ0) is 12.5. The van der Waals surface area contributed by atoms with E-state index < -0.39 is 0 Å². The summed E-state index contributed by atoms with van der Waals surface area (Å²) in [6.45, 7) is 5.75. The molecule has 94 valence electrons. The summed E-state index contributed by atoms with van der Waals surface area (Å²) in [6, 6.07) is 0. The highest BCUT2D eigenvalue weighted by atomic mass is 16.5. The van der Waals surface area contributed by atoms with Crippen LogP contribution in [0.15, 0.2) is 12.2 Å². The van der Waals surface area contributed by atoms with E-state index in [0.717, 1.165) is 25.7 Å². The molecule has 1 heterocycles. The van der Waals surface area contributed by atoms with Crippen molar-refractivity contribution in [1.29, 1.82) is 0 Å². The maximum absolute atomic E-state index is 11.4. The van der Waals surface area contributed by atoms with Crippen LogP contribution in [0.1, 0.15) is 39.0 Å². The van der Waals surface area contributed by atoms with Crippen molar-refractivity contribution in [3.8, 4) is 0 Å². The lowest BCUT2D eigenvalue weighted by Gasteiger charge is -2.34. The van der Waals surface area contributed by atoms with Crippen molar-refractivity contribution in [2.45, 2.75) is 45.1 Å². The molecule has 17 heavy (non-hydrogen) atoms. The number of carbonyl (C=O) groups excluding carboxylic acids is 2. The molecule has 1 aliphatic carbocycles. The first kappa shape index (κ1) is 12.1. The first-order chi connectivity index (χ1) is 8.01. The van der Waals surface area contributed by atoms with E-state index in [1.165, 1.54) is 0 Å². The fourth-order valence-corrected chi connectivity index (χ4v) is 2.54. The van der Waals surface area contributed by atoms with Gasteiger partial charge in [-0.05, 0) is 32.6 Å². The molecule has 0 aromatic rings. The van der Waals surface area contributed by atoms with E-state index in [1.807, 2.05) is 0 Å². The van der Waals surface area contributed by atoms with Crippen LogP contribution in [0.4, 0.5) is 0 Å². The smallest absolute Gasteiger partial charge is 0.333 e. The highest BCUT2D eigenvalue weighted by Gasteiger charge is 2.43. The Morgan fingerprint density at radius 1 is 1.47 bits per heavy atom. The number of carbonyl (C=O) groups is 2. The van der Waals surface area contributed by atoms with Crippen LogP contribution in [0, 0.1) is 5.41 Å². The summed E-state index contributed by atoms with van der Waals surface area (Å²) < 4.78 is 10.4. The van der Waals surface area contributed by atoms with Gasteiger partial charge in [-0.2, -0.15) is 0 Å². The molecule has 4 nitrogen and oxygen atoms in total. The van der Waals surface area contributed by atoms with Gasteiger partial charge in [0.1, 0.15) is 6.10 Å². The molecule has 2 rings (SSSR count). The van der Waals surface area contributed by atoms with Crippen LogP contribution in [-0.4, -0.2) is 24.6 Å². The second kappa shape index (κ2) is 4.51. The molecule has 1 aliphatic heterocycles. The maximum atomic E-state index is 11.4. The summed E-state index contributed by atoms with van der Waals surface area (Å²) in [5, 5.41) is 0. The fraction of sp³-hybridized carbons (Fsp3) is 0.692. The molecule has 4 heteroatoms. The molecule has 0 N–H and O–H groups in total. The summed E-state index contributed by atoms with van der Waals surface area (Å²) in [4.78, 5) is 22.5.